The van der Waals surface area contributed by atoms with Crippen molar-refractivity contribution in [3.8, 4) is 0 Å². The van der Waals surface area contributed by atoms with E-state index in [0.717, 1.165) is 34.1 Å². The first-order valence-corrected chi connectivity index (χ1v) is 5.69. The normalized spacial score (nSPS) is 10.7. The highest BCUT2D eigenvalue weighted by molar-refractivity contribution is 6.03. The van der Waals surface area contributed by atoms with Crippen molar-refractivity contribution in [2.24, 2.45) is 0 Å². The minimum atomic E-state index is 0.438. The van der Waals surface area contributed by atoms with Gasteiger partial charge in [-0.3, -0.25) is 9.59 Å². The number of fused-ring (bicyclic) bond motifs is 2. The van der Waals surface area contributed by atoms with Gasteiger partial charge in [0.15, 0.2) is 12.6 Å². The Morgan fingerprint density at radius 1 is 0.611 bits per heavy atom. The fourth-order valence-corrected chi connectivity index (χ4v) is 2.23. The first-order valence-electron chi connectivity index (χ1n) is 5.69. The zero-order valence-electron chi connectivity index (χ0n) is 9.59. The number of aldehydes is 2. The van der Waals surface area contributed by atoms with E-state index in [1.165, 1.54) is 0 Å². The molecular weight excluding hydrogens is 224 g/mol. The van der Waals surface area contributed by atoms with Gasteiger partial charge in [-0.2, -0.15) is 0 Å². The number of hydrogen-bond acceptors (Lipinski definition) is 2. The molecule has 18 heavy (non-hydrogen) atoms. The van der Waals surface area contributed by atoms with E-state index in [2.05, 4.69) is 0 Å². The van der Waals surface area contributed by atoms with E-state index in [4.69, 9.17) is 0 Å². The molecule has 3 aromatic rings. The fraction of sp³-hybridized carbons (Fsp3) is 0. The van der Waals surface area contributed by atoms with Crippen LogP contribution in [0.25, 0.3) is 21.5 Å². The van der Waals surface area contributed by atoms with Crippen LogP contribution in [0.5, 0.6) is 0 Å². The molecule has 0 aliphatic heterocycles. The van der Waals surface area contributed by atoms with Crippen molar-refractivity contribution >= 4 is 34.1 Å². The molecule has 0 saturated heterocycles. The largest absolute Gasteiger partial charge is 0.298 e. The van der Waals surface area contributed by atoms with Crippen LogP contribution in [0.4, 0.5) is 0 Å². The third kappa shape index (κ3) is 1.59. The molecule has 0 N–H and O–H groups in total. The van der Waals surface area contributed by atoms with Gasteiger partial charge in [0, 0.05) is 11.1 Å². The first-order chi connectivity index (χ1) is 8.81. The van der Waals surface area contributed by atoms with Crippen LogP contribution in [-0.2, 0) is 0 Å². The molecule has 86 valence electrons. The Labute approximate surface area is 104 Å². The molecule has 0 fully saturated rings. The van der Waals surface area contributed by atoms with Gasteiger partial charge in [-0.15, -0.1) is 0 Å². The quantitative estimate of drug-likeness (QED) is 0.501. The molecule has 2 heteroatoms. The Balaban J connectivity index is 2.43. The monoisotopic (exact) mass is 234 g/mol. The van der Waals surface area contributed by atoms with Crippen LogP contribution in [-0.4, -0.2) is 12.6 Å². The summed E-state index contributed by atoms with van der Waals surface area (Å²) in [5, 5.41) is 4.20. The van der Waals surface area contributed by atoms with E-state index in [9.17, 15) is 9.59 Å². The average Bonchev–Trinajstić information content (AvgIpc) is 2.43. The Bertz CT molecular complexity index is 706. The second-order valence-electron chi connectivity index (χ2n) is 4.26. The van der Waals surface area contributed by atoms with Gasteiger partial charge in [-0.05, 0) is 45.8 Å². The van der Waals surface area contributed by atoms with Gasteiger partial charge >= 0.3 is 0 Å². The lowest BCUT2D eigenvalue weighted by Crippen LogP contribution is -1.91. The van der Waals surface area contributed by atoms with Crippen molar-refractivity contribution in [1.82, 2.24) is 0 Å². The topological polar surface area (TPSA) is 34.1 Å². The molecular formula is C16H10O2. The number of benzene rings is 3. The lowest BCUT2D eigenvalue weighted by molar-refractivity contribution is 0.109. The van der Waals surface area contributed by atoms with Crippen LogP contribution in [0, 0.1) is 0 Å². The number of rotatable bonds is 2. The summed E-state index contributed by atoms with van der Waals surface area (Å²) in [7, 11) is 0. The standard InChI is InChI=1S/C16H10O2/c17-9-15-7-13-5-11-3-1-2-4-12(11)6-14(13)8-16(15)10-18/h1-10H. The zero-order valence-corrected chi connectivity index (χ0v) is 9.59. The molecule has 0 bridgehead atoms. The molecule has 0 atom stereocenters. The second kappa shape index (κ2) is 4.08. The van der Waals surface area contributed by atoms with Crippen molar-refractivity contribution in [3.63, 3.8) is 0 Å². The van der Waals surface area contributed by atoms with E-state index >= 15 is 0 Å². The predicted molar refractivity (Wildman–Crippen MR) is 72.2 cm³/mol. The van der Waals surface area contributed by atoms with Gasteiger partial charge in [0.2, 0.25) is 0 Å². The van der Waals surface area contributed by atoms with Gasteiger partial charge in [0.25, 0.3) is 0 Å². The summed E-state index contributed by atoms with van der Waals surface area (Å²) in [6, 6.07) is 15.6. The third-order valence-electron chi connectivity index (χ3n) is 3.16. The highest BCUT2D eigenvalue weighted by Crippen LogP contribution is 2.24. The Morgan fingerprint density at radius 3 is 1.44 bits per heavy atom. The molecule has 0 unspecified atom stereocenters. The number of hydrogen-bond donors (Lipinski definition) is 0. The van der Waals surface area contributed by atoms with E-state index in [0.29, 0.717) is 11.1 Å². The smallest absolute Gasteiger partial charge is 0.150 e. The summed E-state index contributed by atoms with van der Waals surface area (Å²) in [6.07, 6.45) is 1.44. The van der Waals surface area contributed by atoms with Crippen LogP contribution in [0.3, 0.4) is 0 Å². The molecule has 3 aromatic carbocycles. The van der Waals surface area contributed by atoms with Gasteiger partial charge in [-0.1, -0.05) is 24.3 Å². The van der Waals surface area contributed by atoms with E-state index in [-0.39, 0.29) is 0 Å². The van der Waals surface area contributed by atoms with Crippen LogP contribution < -0.4 is 0 Å². The third-order valence-corrected chi connectivity index (χ3v) is 3.16. The maximum absolute atomic E-state index is 10.9. The van der Waals surface area contributed by atoms with E-state index in [1.54, 1.807) is 12.1 Å². The Hall–Kier alpha value is -2.48. The molecule has 0 heterocycles. The van der Waals surface area contributed by atoms with Crippen LogP contribution in [0.1, 0.15) is 20.7 Å². The van der Waals surface area contributed by atoms with Crippen molar-refractivity contribution in [3.05, 3.63) is 59.7 Å². The van der Waals surface area contributed by atoms with Crippen molar-refractivity contribution in [2.45, 2.75) is 0 Å². The molecule has 0 spiro atoms. The minimum absolute atomic E-state index is 0.438. The molecule has 2 nitrogen and oxygen atoms in total. The van der Waals surface area contributed by atoms with E-state index < -0.39 is 0 Å². The summed E-state index contributed by atoms with van der Waals surface area (Å²) in [5.41, 5.74) is 0.876. The molecule has 0 saturated carbocycles. The van der Waals surface area contributed by atoms with Crippen LogP contribution in [0.15, 0.2) is 48.5 Å². The van der Waals surface area contributed by atoms with Gasteiger partial charge < -0.3 is 0 Å². The first kappa shape index (κ1) is 10.7. The average molecular weight is 234 g/mol. The second-order valence-corrected chi connectivity index (χ2v) is 4.26. The minimum Gasteiger partial charge on any atom is -0.298 e. The Morgan fingerprint density at radius 2 is 1.06 bits per heavy atom. The maximum Gasteiger partial charge on any atom is 0.150 e. The zero-order chi connectivity index (χ0) is 12.5. The molecule has 0 aliphatic carbocycles. The SMILES string of the molecule is O=Cc1cc2cc3ccccc3cc2cc1C=O. The van der Waals surface area contributed by atoms with Gasteiger partial charge in [0.05, 0.1) is 0 Å². The predicted octanol–water partition coefficient (Wildman–Crippen LogP) is 3.62. The fourth-order valence-electron chi connectivity index (χ4n) is 2.23. The Kier molecular flexibility index (Phi) is 2.41. The summed E-state index contributed by atoms with van der Waals surface area (Å²) < 4.78 is 0. The van der Waals surface area contributed by atoms with E-state index in [1.807, 2.05) is 36.4 Å². The highest BCUT2D eigenvalue weighted by atomic mass is 16.1. The van der Waals surface area contributed by atoms with Crippen molar-refractivity contribution in [1.29, 1.82) is 0 Å². The summed E-state index contributed by atoms with van der Waals surface area (Å²) in [4.78, 5) is 21.9. The molecule has 0 amide bonds. The van der Waals surface area contributed by atoms with Crippen LogP contribution >= 0.6 is 0 Å². The lowest BCUT2D eigenvalue weighted by atomic mass is 9.99. The number of carbonyl (C=O) groups is 2. The van der Waals surface area contributed by atoms with Crippen molar-refractivity contribution < 1.29 is 9.59 Å². The lowest BCUT2D eigenvalue weighted by Gasteiger charge is -2.05. The summed E-state index contributed by atoms with van der Waals surface area (Å²) in [5.74, 6) is 0. The highest BCUT2D eigenvalue weighted by Gasteiger charge is 2.04. The molecule has 0 radical (unpaired) electrons. The van der Waals surface area contributed by atoms with Gasteiger partial charge in [0.1, 0.15) is 0 Å². The molecule has 0 aliphatic rings. The number of carbonyl (C=O) groups excluding carboxylic acids is 2. The van der Waals surface area contributed by atoms with Gasteiger partial charge in [-0.25, -0.2) is 0 Å². The maximum atomic E-state index is 10.9. The van der Waals surface area contributed by atoms with Crippen molar-refractivity contribution in [2.75, 3.05) is 0 Å². The molecule has 3 rings (SSSR count). The summed E-state index contributed by atoms with van der Waals surface area (Å²) >= 11 is 0. The summed E-state index contributed by atoms with van der Waals surface area (Å²) in [6.45, 7) is 0. The van der Waals surface area contributed by atoms with Crippen LogP contribution in [0.2, 0.25) is 0 Å². The molecule has 0 aromatic heterocycles.